The van der Waals surface area contributed by atoms with E-state index in [0.29, 0.717) is 18.4 Å². The summed E-state index contributed by atoms with van der Waals surface area (Å²) in [5, 5.41) is 2.88. The quantitative estimate of drug-likeness (QED) is 0.826. The van der Waals surface area contributed by atoms with Gasteiger partial charge in [0.15, 0.2) is 0 Å². The van der Waals surface area contributed by atoms with Crippen LogP contribution in [0.1, 0.15) is 37.3 Å². The highest BCUT2D eigenvalue weighted by molar-refractivity contribution is 6.21. The Morgan fingerprint density at radius 2 is 2.00 bits per heavy atom. The summed E-state index contributed by atoms with van der Waals surface area (Å²) in [5.74, 6) is 0.955. The van der Waals surface area contributed by atoms with Gasteiger partial charge in [-0.1, -0.05) is 32.9 Å². The van der Waals surface area contributed by atoms with Gasteiger partial charge < -0.3 is 10.2 Å². The van der Waals surface area contributed by atoms with E-state index in [4.69, 9.17) is 11.6 Å². The molecule has 0 saturated heterocycles. The number of alkyl halides is 1. The van der Waals surface area contributed by atoms with Gasteiger partial charge in [-0.25, -0.2) is 4.79 Å². The molecule has 4 heteroatoms. The molecule has 2 amide bonds. The van der Waals surface area contributed by atoms with E-state index in [1.165, 1.54) is 0 Å². The Labute approximate surface area is 119 Å². The maximum atomic E-state index is 11.6. The van der Waals surface area contributed by atoms with Gasteiger partial charge in [-0.2, -0.15) is 0 Å². The number of hydrogen-bond donors (Lipinski definition) is 1. The summed E-state index contributed by atoms with van der Waals surface area (Å²) in [4.78, 5) is 13.2. The van der Waals surface area contributed by atoms with Crippen molar-refractivity contribution < 1.29 is 4.79 Å². The smallest absolute Gasteiger partial charge is 0.321 e. The third kappa shape index (κ3) is 2.86. The second kappa shape index (κ2) is 5.41. The van der Waals surface area contributed by atoms with Crippen LogP contribution in [0.5, 0.6) is 0 Å². The van der Waals surface area contributed by atoms with Crippen molar-refractivity contribution in [1.29, 1.82) is 0 Å². The van der Waals surface area contributed by atoms with Crippen molar-refractivity contribution in [3.05, 3.63) is 29.3 Å². The Kier molecular flexibility index (Phi) is 4.04. The van der Waals surface area contributed by atoms with Crippen LogP contribution in [0.25, 0.3) is 0 Å². The SMILES string of the molecule is CC(C)C(C)C(Cl)c1ccc2c(c1)CN(C)C(=O)N2. The summed E-state index contributed by atoms with van der Waals surface area (Å²) in [6.45, 7) is 7.18. The Morgan fingerprint density at radius 1 is 1.32 bits per heavy atom. The van der Waals surface area contributed by atoms with Crippen molar-refractivity contribution >= 4 is 23.3 Å². The Balaban J connectivity index is 2.26. The highest BCUT2D eigenvalue weighted by atomic mass is 35.5. The number of urea groups is 1. The number of nitrogens with zero attached hydrogens (tertiary/aromatic N) is 1. The van der Waals surface area contributed by atoms with Crippen molar-refractivity contribution in [2.45, 2.75) is 32.7 Å². The number of anilines is 1. The monoisotopic (exact) mass is 280 g/mol. The first kappa shape index (κ1) is 14.2. The lowest BCUT2D eigenvalue weighted by atomic mass is 9.89. The van der Waals surface area contributed by atoms with E-state index in [1.807, 2.05) is 12.1 Å². The largest absolute Gasteiger partial charge is 0.323 e. The van der Waals surface area contributed by atoms with E-state index in [-0.39, 0.29) is 11.4 Å². The van der Waals surface area contributed by atoms with Crippen molar-refractivity contribution in [3.8, 4) is 0 Å². The normalized spacial score (nSPS) is 18.0. The number of fused-ring (bicyclic) bond motifs is 1. The molecular weight excluding hydrogens is 260 g/mol. The molecule has 19 heavy (non-hydrogen) atoms. The molecular formula is C15H21ClN2O. The maximum absolute atomic E-state index is 11.6. The predicted molar refractivity (Wildman–Crippen MR) is 79.5 cm³/mol. The van der Waals surface area contributed by atoms with Crippen LogP contribution in [0.15, 0.2) is 18.2 Å². The number of nitrogens with one attached hydrogen (secondary N) is 1. The molecule has 0 bridgehead atoms. The van der Waals surface area contributed by atoms with Crippen LogP contribution in [-0.4, -0.2) is 18.0 Å². The molecule has 0 aromatic heterocycles. The molecule has 1 aromatic carbocycles. The summed E-state index contributed by atoms with van der Waals surface area (Å²) >= 11 is 6.56. The third-order valence-corrected chi connectivity index (χ3v) is 4.61. The van der Waals surface area contributed by atoms with Crippen molar-refractivity contribution in [2.24, 2.45) is 11.8 Å². The van der Waals surface area contributed by atoms with Crippen LogP contribution >= 0.6 is 11.6 Å². The summed E-state index contributed by atoms with van der Waals surface area (Å²) < 4.78 is 0. The van der Waals surface area contributed by atoms with Gasteiger partial charge in [0, 0.05) is 19.3 Å². The summed E-state index contributed by atoms with van der Waals surface area (Å²) in [5.41, 5.74) is 3.15. The van der Waals surface area contributed by atoms with Crippen LogP contribution in [0.4, 0.5) is 10.5 Å². The molecule has 1 aromatic rings. The number of amides is 2. The van der Waals surface area contributed by atoms with Crippen molar-refractivity contribution in [1.82, 2.24) is 4.90 Å². The second-order valence-corrected chi connectivity index (χ2v) is 6.18. The lowest BCUT2D eigenvalue weighted by Crippen LogP contribution is -2.35. The number of carbonyl (C=O) groups is 1. The molecule has 104 valence electrons. The molecule has 0 fully saturated rings. The average molecular weight is 281 g/mol. The molecule has 0 saturated carbocycles. The molecule has 0 aliphatic carbocycles. The predicted octanol–water partition coefficient (Wildman–Crippen LogP) is 4.24. The minimum absolute atomic E-state index is 0.00762. The van der Waals surface area contributed by atoms with Crippen molar-refractivity contribution in [3.63, 3.8) is 0 Å². The number of rotatable bonds is 3. The standard InChI is InChI=1S/C15H21ClN2O/c1-9(2)10(3)14(16)11-5-6-13-12(7-11)8-18(4)15(19)17-13/h5-7,9-10,14H,8H2,1-4H3,(H,17,19). The zero-order valence-corrected chi connectivity index (χ0v) is 12.7. The molecule has 2 rings (SSSR count). The van der Waals surface area contributed by atoms with Gasteiger partial charge in [-0.05, 0) is 29.0 Å². The second-order valence-electron chi connectivity index (χ2n) is 5.71. The molecule has 0 spiro atoms. The van der Waals surface area contributed by atoms with E-state index in [1.54, 1.807) is 11.9 Å². The third-order valence-electron chi connectivity index (χ3n) is 3.96. The van der Waals surface area contributed by atoms with Crippen LogP contribution in [-0.2, 0) is 6.54 Å². The zero-order chi connectivity index (χ0) is 14.2. The van der Waals surface area contributed by atoms with Crippen molar-refractivity contribution in [2.75, 3.05) is 12.4 Å². The number of benzene rings is 1. The highest BCUT2D eigenvalue weighted by Crippen LogP contribution is 2.35. The minimum Gasteiger partial charge on any atom is -0.323 e. The molecule has 2 atom stereocenters. The molecule has 1 heterocycles. The number of hydrogen-bond acceptors (Lipinski definition) is 1. The van der Waals surface area contributed by atoms with E-state index in [0.717, 1.165) is 16.8 Å². The molecule has 1 N–H and O–H groups in total. The lowest BCUT2D eigenvalue weighted by molar-refractivity contribution is 0.218. The summed E-state index contributed by atoms with van der Waals surface area (Å²) in [7, 11) is 1.79. The number of carbonyl (C=O) groups excluding carboxylic acids is 1. The van der Waals surface area contributed by atoms with Crippen LogP contribution in [0.2, 0.25) is 0 Å². The first-order valence-electron chi connectivity index (χ1n) is 6.69. The Hall–Kier alpha value is -1.22. The Morgan fingerprint density at radius 3 is 2.63 bits per heavy atom. The van der Waals surface area contributed by atoms with Gasteiger partial charge in [0.25, 0.3) is 0 Å². The lowest BCUT2D eigenvalue weighted by Gasteiger charge is -2.28. The first-order valence-corrected chi connectivity index (χ1v) is 7.12. The zero-order valence-electron chi connectivity index (χ0n) is 11.9. The van der Waals surface area contributed by atoms with Gasteiger partial charge in [0.05, 0.1) is 5.38 Å². The van der Waals surface area contributed by atoms with Crippen LogP contribution < -0.4 is 5.32 Å². The first-order chi connectivity index (χ1) is 8.90. The molecule has 1 aliphatic heterocycles. The topological polar surface area (TPSA) is 32.3 Å². The highest BCUT2D eigenvalue weighted by Gasteiger charge is 2.23. The van der Waals surface area contributed by atoms with E-state index < -0.39 is 0 Å². The molecule has 3 nitrogen and oxygen atoms in total. The average Bonchev–Trinajstić information content (AvgIpc) is 2.37. The van der Waals surface area contributed by atoms with Crippen LogP contribution in [0, 0.1) is 11.8 Å². The van der Waals surface area contributed by atoms with Gasteiger partial charge in [-0.15, -0.1) is 11.6 Å². The van der Waals surface area contributed by atoms with E-state index in [2.05, 4.69) is 32.2 Å². The van der Waals surface area contributed by atoms with E-state index in [9.17, 15) is 4.79 Å². The van der Waals surface area contributed by atoms with Gasteiger partial charge >= 0.3 is 6.03 Å². The Bertz CT molecular complexity index is 487. The fraction of sp³-hybridized carbons (Fsp3) is 0.533. The number of halogens is 1. The molecule has 1 aliphatic rings. The maximum Gasteiger partial charge on any atom is 0.321 e. The van der Waals surface area contributed by atoms with Gasteiger partial charge in [0.2, 0.25) is 0 Å². The fourth-order valence-electron chi connectivity index (χ4n) is 2.22. The summed E-state index contributed by atoms with van der Waals surface area (Å²) in [6.07, 6.45) is 0. The van der Waals surface area contributed by atoms with Gasteiger partial charge in [0.1, 0.15) is 0 Å². The van der Waals surface area contributed by atoms with Crippen LogP contribution in [0.3, 0.4) is 0 Å². The molecule has 2 unspecified atom stereocenters. The van der Waals surface area contributed by atoms with E-state index >= 15 is 0 Å². The molecule has 0 radical (unpaired) electrons. The van der Waals surface area contributed by atoms with Gasteiger partial charge in [-0.3, -0.25) is 0 Å². The fourth-order valence-corrected chi connectivity index (χ4v) is 2.64. The summed E-state index contributed by atoms with van der Waals surface area (Å²) in [6, 6.07) is 6.03. The minimum atomic E-state index is -0.0572.